The van der Waals surface area contributed by atoms with Crippen molar-refractivity contribution in [2.24, 2.45) is 5.73 Å². The lowest BCUT2D eigenvalue weighted by molar-refractivity contribution is -0.138. The largest absolute Gasteiger partial charge is 0.508 e. The van der Waals surface area contributed by atoms with Crippen LogP contribution in [0.5, 0.6) is 5.75 Å². The second-order valence-electron chi connectivity index (χ2n) is 8.65. The van der Waals surface area contributed by atoms with Crippen LogP contribution in [0.25, 0.3) is 0 Å². The summed E-state index contributed by atoms with van der Waals surface area (Å²) >= 11 is 0. The van der Waals surface area contributed by atoms with Crippen LogP contribution in [0.2, 0.25) is 0 Å². The number of phenols is 1. The number of phenolic OH excluding ortho intramolecular Hbond substituents is 1. The summed E-state index contributed by atoms with van der Waals surface area (Å²) in [5.41, 5.74) is 4.49. The van der Waals surface area contributed by atoms with Crippen LogP contribution in [0.1, 0.15) is 65.0 Å². The Morgan fingerprint density at radius 1 is 1.24 bits per heavy atom. The minimum Gasteiger partial charge on any atom is -0.508 e. The third-order valence-corrected chi connectivity index (χ3v) is 4.61. The monoisotopic (exact) mass is 474 g/mol. The van der Waals surface area contributed by atoms with Crippen molar-refractivity contribution in [2.75, 3.05) is 6.54 Å². The summed E-state index contributed by atoms with van der Waals surface area (Å²) < 4.78 is 5.21. The normalized spacial score (nSPS) is 12.6. The molecule has 5 N–H and O–H groups in total. The third-order valence-electron chi connectivity index (χ3n) is 4.61. The molecule has 0 aromatic heterocycles. The van der Waals surface area contributed by atoms with Crippen molar-refractivity contribution in [1.82, 2.24) is 15.5 Å². The number of primary amides is 1. The highest BCUT2D eigenvalue weighted by molar-refractivity contribution is 5.94. The van der Waals surface area contributed by atoms with E-state index in [1.54, 1.807) is 32.9 Å². The van der Waals surface area contributed by atoms with E-state index in [1.165, 1.54) is 12.1 Å². The van der Waals surface area contributed by atoms with Crippen molar-refractivity contribution >= 4 is 23.8 Å². The predicted octanol–water partition coefficient (Wildman–Crippen LogP) is 1.93. The molecule has 10 nitrogen and oxygen atoms in total. The van der Waals surface area contributed by atoms with Gasteiger partial charge in [-0.05, 0) is 39.7 Å². The van der Waals surface area contributed by atoms with Crippen molar-refractivity contribution in [3.8, 4) is 18.2 Å². The smallest absolute Gasteiger partial charge is 0.408 e. The van der Waals surface area contributed by atoms with Crippen molar-refractivity contribution < 1.29 is 29.0 Å². The molecule has 0 aliphatic heterocycles. The maximum Gasteiger partial charge on any atom is 0.408 e. The zero-order valence-corrected chi connectivity index (χ0v) is 20.1. The number of aromatic hydroxyl groups is 1. The minimum absolute atomic E-state index is 0.105. The highest BCUT2D eigenvalue weighted by atomic mass is 16.6. The van der Waals surface area contributed by atoms with E-state index in [0.29, 0.717) is 13.0 Å². The molecule has 34 heavy (non-hydrogen) atoms. The zero-order chi connectivity index (χ0) is 25.9. The highest BCUT2D eigenvalue weighted by Gasteiger charge is 2.37. The molecule has 2 unspecified atom stereocenters. The molecule has 0 radical (unpaired) electrons. The number of amides is 4. The number of hydrogen-bond acceptors (Lipinski definition) is 6. The van der Waals surface area contributed by atoms with Crippen LogP contribution in [0.4, 0.5) is 4.79 Å². The van der Waals surface area contributed by atoms with Crippen LogP contribution in [-0.4, -0.2) is 52.0 Å². The van der Waals surface area contributed by atoms with Crippen LogP contribution < -0.4 is 16.4 Å². The Kier molecular flexibility index (Phi) is 10.9. The molecular weight excluding hydrogens is 440 g/mol. The minimum atomic E-state index is -1.38. The Morgan fingerprint density at radius 2 is 1.88 bits per heavy atom. The number of para-hydroxylation sites is 1. The molecule has 1 rings (SSSR count). The van der Waals surface area contributed by atoms with Crippen molar-refractivity contribution in [3.63, 3.8) is 0 Å². The fraction of sp³-hybridized carbons (Fsp3) is 0.500. The number of carbonyl (C=O) groups excluding carboxylic acids is 4. The first-order valence-electron chi connectivity index (χ1n) is 11.0. The van der Waals surface area contributed by atoms with Gasteiger partial charge in [0.05, 0.1) is 0 Å². The summed E-state index contributed by atoms with van der Waals surface area (Å²) in [6.45, 7) is 7.24. The number of alkyl carbamates (subject to hydrolysis) is 1. The molecule has 4 amide bonds. The third kappa shape index (κ3) is 9.02. The molecule has 186 valence electrons. The second kappa shape index (κ2) is 13.1. The average Bonchev–Trinajstić information content (AvgIpc) is 2.73. The molecule has 0 bridgehead atoms. The molecule has 0 heterocycles. The fourth-order valence-corrected chi connectivity index (χ4v) is 3.03. The Morgan fingerprint density at radius 3 is 2.41 bits per heavy atom. The van der Waals surface area contributed by atoms with E-state index in [-0.39, 0.29) is 24.2 Å². The molecule has 10 heteroatoms. The lowest BCUT2D eigenvalue weighted by Crippen LogP contribution is -2.51. The first-order valence-corrected chi connectivity index (χ1v) is 11.0. The summed E-state index contributed by atoms with van der Waals surface area (Å²) in [5, 5.41) is 15.5. The molecule has 1 aromatic rings. The number of benzene rings is 1. The first kappa shape index (κ1) is 28.3. The van der Waals surface area contributed by atoms with Gasteiger partial charge in [-0.25, -0.2) is 4.79 Å². The van der Waals surface area contributed by atoms with Gasteiger partial charge in [0, 0.05) is 24.6 Å². The lowest BCUT2D eigenvalue weighted by Gasteiger charge is -2.30. The number of nitrogens with zero attached hydrogens (tertiary/aromatic N) is 1. The number of nitrogens with two attached hydrogens (primary N) is 1. The van der Waals surface area contributed by atoms with Gasteiger partial charge in [0.15, 0.2) is 6.04 Å². The van der Waals surface area contributed by atoms with Crippen LogP contribution in [0.15, 0.2) is 24.3 Å². The average molecular weight is 475 g/mol. The first-order chi connectivity index (χ1) is 15.9. The lowest BCUT2D eigenvalue weighted by atomic mass is 10.0. The second-order valence-corrected chi connectivity index (χ2v) is 8.65. The topological polar surface area (TPSA) is 151 Å². The Balaban J connectivity index is 3.34. The number of nitrogens with one attached hydrogen (secondary N) is 2. The van der Waals surface area contributed by atoms with Crippen LogP contribution in [0, 0.1) is 12.5 Å². The van der Waals surface area contributed by atoms with Crippen molar-refractivity contribution in [1.29, 1.82) is 0 Å². The van der Waals surface area contributed by atoms with Crippen molar-refractivity contribution in [2.45, 2.75) is 71.1 Å². The molecule has 0 aliphatic rings. The van der Waals surface area contributed by atoms with Gasteiger partial charge in [0.2, 0.25) is 11.8 Å². The molecule has 1 aromatic carbocycles. The standard InChI is InChI=1S/C24H34N4O6/c1-6-8-15-26-21(31)20(16-11-9-10-12-18(16)29)28(7-2)22(32)17(13-14-19(25)30)27-23(33)34-24(3,4)5/h2,9-12,17,20,29H,6,8,13-15H2,1,3-5H3,(H2,25,30)(H,26,31)(H,27,33). The van der Waals surface area contributed by atoms with E-state index >= 15 is 0 Å². The number of carbonyl (C=O) groups is 4. The van der Waals surface area contributed by atoms with Gasteiger partial charge >= 0.3 is 6.09 Å². The quantitative estimate of drug-likeness (QED) is 0.219. The molecular formula is C24H34N4O6. The van der Waals surface area contributed by atoms with E-state index in [1.807, 2.05) is 6.92 Å². The molecule has 0 spiro atoms. The maximum absolute atomic E-state index is 13.4. The highest BCUT2D eigenvalue weighted by Crippen LogP contribution is 2.29. The molecule has 0 saturated carbocycles. The fourth-order valence-electron chi connectivity index (χ4n) is 3.03. The molecule has 0 fully saturated rings. The summed E-state index contributed by atoms with van der Waals surface area (Å²) in [4.78, 5) is 51.0. The van der Waals surface area contributed by atoms with Gasteiger partial charge in [0.25, 0.3) is 5.91 Å². The van der Waals surface area contributed by atoms with Gasteiger partial charge in [0.1, 0.15) is 17.4 Å². The maximum atomic E-state index is 13.4. The SMILES string of the molecule is C#CN(C(=O)C(CCC(N)=O)NC(=O)OC(C)(C)C)C(C(=O)NCCCC)c1ccccc1O. The zero-order valence-electron chi connectivity index (χ0n) is 20.1. The van der Waals surface area contributed by atoms with Gasteiger partial charge in [-0.1, -0.05) is 38.0 Å². The molecule has 2 atom stereocenters. The van der Waals surface area contributed by atoms with E-state index in [9.17, 15) is 24.3 Å². The van der Waals surface area contributed by atoms with E-state index in [4.69, 9.17) is 16.9 Å². The number of ether oxygens (including phenoxy) is 1. The number of rotatable bonds is 11. The van der Waals surface area contributed by atoms with Gasteiger partial charge in [-0.2, -0.15) is 0 Å². The Hall–Kier alpha value is -3.74. The van der Waals surface area contributed by atoms with Crippen molar-refractivity contribution in [3.05, 3.63) is 29.8 Å². The summed E-state index contributed by atoms with van der Waals surface area (Å²) in [5.74, 6) is -2.37. The summed E-state index contributed by atoms with van der Waals surface area (Å²) in [6, 6.07) is 5.48. The van der Waals surface area contributed by atoms with E-state index < -0.39 is 41.5 Å². The van der Waals surface area contributed by atoms with E-state index in [2.05, 4.69) is 16.7 Å². The predicted molar refractivity (Wildman–Crippen MR) is 126 cm³/mol. The Labute approximate surface area is 200 Å². The van der Waals surface area contributed by atoms with Gasteiger partial charge in [-0.15, -0.1) is 0 Å². The summed E-state index contributed by atoms with van der Waals surface area (Å²) in [6.07, 6.45) is 5.86. The Bertz CT molecular complexity index is 919. The van der Waals surface area contributed by atoms with Crippen LogP contribution >= 0.6 is 0 Å². The van der Waals surface area contributed by atoms with Gasteiger partial charge < -0.3 is 26.2 Å². The van der Waals surface area contributed by atoms with Crippen LogP contribution in [-0.2, 0) is 19.1 Å². The molecule has 0 saturated heterocycles. The van der Waals surface area contributed by atoms with Gasteiger partial charge in [-0.3, -0.25) is 19.3 Å². The number of hydrogen-bond donors (Lipinski definition) is 4. The number of unbranched alkanes of at least 4 members (excludes halogenated alkanes) is 1. The van der Waals surface area contributed by atoms with Crippen LogP contribution in [0.3, 0.4) is 0 Å². The summed E-state index contributed by atoms with van der Waals surface area (Å²) in [7, 11) is 0. The number of terminal acetylenes is 1. The van der Waals surface area contributed by atoms with E-state index in [0.717, 1.165) is 11.3 Å². The molecule has 0 aliphatic carbocycles.